The molecule has 0 aliphatic rings. The molecule has 1 heterocycles. The van der Waals surface area contributed by atoms with Crippen LogP contribution in [0.3, 0.4) is 0 Å². The van der Waals surface area contributed by atoms with Gasteiger partial charge in [-0.1, -0.05) is 48.0 Å². The first-order valence-electron chi connectivity index (χ1n) is 6.60. The van der Waals surface area contributed by atoms with Gasteiger partial charge < -0.3 is 4.74 Å². The van der Waals surface area contributed by atoms with E-state index >= 15 is 0 Å². The van der Waals surface area contributed by atoms with Crippen molar-refractivity contribution in [1.82, 2.24) is 9.55 Å². The zero-order valence-electron chi connectivity index (χ0n) is 11.6. The van der Waals surface area contributed by atoms with Gasteiger partial charge in [-0.05, 0) is 19.1 Å². The average molecular weight is 278 g/mol. The van der Waals surface area contributed by atoms with Gasteiger partial charge in [0.25, 0.3) is 0 Å². The molecule has 21 heavy (non-hydrogen) atoms. The van der Waals surface area contributed by atoms with Crippen LogP contribution in [0.4, 0.5) is 4.79 Å². The third-order valence-electron chi connectivity index (χ3n) is 3.09. The van der Waals surface area contributed by atoms with Gasteiger partial charge in [-0.15, -0.1) is 0 Å². The summed E-state index contributed by atoms with van der Waals surface area (Å²) < 4.78 is 6.62. The minimum absolute atomic E-state index is 0.478. The highest BCUT2D eigenvalue weighted by Gasteiger charge is 2.10. The summed E-state index contributed by atoms with van der Waals surface area (Å²) in [5.41, 5.74) is 2.81. The van der Waals surface area contributed by atoms with Crippen LogP contribution in [-0.2, 0) is 0 Å². The maximum Gasteiger partial charge on any atom is 0.424 e. The number of aryl methyl sites for hydroxylation is 1. The maximum atomic E-state index is 12.0. The molecule has 0 radical (unpaired) electrons. The minimum Gasteiger partial charge on any atom is -0.410 e. The van der Waals surface area contributed by atoms with E-state index in [4.69, 9.17) is 4.74 Å². The maximum absolute atomic E-state index is 12.0. The molecule has 4 heteroatoms. The van der Waals surface area contributed by atoms with Gasteiger partial charge in [0.05, 0.1) is 5.69 Å². The van der Waals surface area contributed by atoms with Crippen molar-refractivity contribution in [3.8, 4) is 17.0 Å². The Kier molecular flexibility index (Phi) is 3.51. The number of hydrogen-bond acceptors (Lipinski definition) is 3. The molecule has 0 aliphatic heterocycles. The molecule has 1 aromatic heterocycles. The van der Waals surface area contributed by atoms with E-state index in [-0.39, 0.29) is 0 Å². The summed E-state index contributed by atoms with van der Waals surface area (Å²) in [7, 11) is 0. The smallest absolute Gasteiger partial charge is 0.410 e. The molecule has 0 fully saturated rings. The monoisotopic (exact) mass is 278 g/mol. The Balaban J connectivity index is 1.77. The third-order valence-corrected chi connectivity index (χ3v) is 3.09. The molecule has 0 bridgehead atoms. The molecule has 3 aromatic rings. The Labute approximate surface area is 122 Å². The molecule has 3 rings (SSSR count). The van der Waals surface area contributed by atoms with Crippen LogP contribution in [0.5, 0.6) is 5.75 Å². The summed E-state index contributed by atoms with van der Waals surface area (Å²) in [4.78, 5) is 16.3. The molecule has 4 nitrogen and oxygen atoms in total. The summed E-state index contributed by atoms with van der Waals surface area (Å²) >= 11 is 0. The highest BCUT2D eigenvalue weighted by molar-refractivity contribution is 5.74. The summed E-state index contributed by atoms with van der Waals surface area (Å²) in [5, 5.41) is 0. The van der Waals surface area contributed by atoms with Crippen molar-refractivity contribution in [2.24, 2.45) is 0 Å². The molecule has 0 spiro atoms. The van der Waals surface area contributed by atoms with Gasteiger partial charge in [-0.3, -0.25) is 0 Å². The van der Waals surface area contributed by atoms with Crippen LogP contribution in [0.1, 0.15) is 5.56 Å². The second-order valence-electron chi connectivity index (χ2n) is 4.71. The predicted octanol–water partition coefficient (Wildman–Crippen LogP) is 3.91. The molecule has 0 N–H and O–H groups in total. The highest BCUT2D eigenvalue weighted by Crippen LogP contribution is 2.17. The van der Waals surface area contributed by atoms with Crippen LogP contribution >= 0.6 is 0 Å². The molecule has 2 aromatic carbocycles. The van der Waals surface area contributed by atoms with Crippen molar-refractivity contribution in [1.29, 1.82) is 0 Å². The Morgan fingerprint density at radius 2 is 1.76 bits per heavy atom. The first kappa shape index (κ1) is 13.1. The largest absolute Gasteiger partial charge is 0.424 e. The average Bonchev–Trinajstić information content (AvgIpc) is 3.00. The number of imidazole rings is 1. The van der Waals surface area contributed by atoms with Gasteiger partial charge in [0.2, 0.25) is 0 Å². The quantitative estimate of drug-likeness (QED) is 0.714. The van der Waals surface area contributed by atoms with Crippen molar-refractivity contribution in [3.63, 3.8) is 0 Å². The summed E-state index contributed by atoms with van der Waals surface area (Å²) in [6.07, 6.45) is 2.64. The lowest BCUT2D eigenvalue weighted by molar-refractivity contribution is 0.202. The predicted molar refractivity (Wildman–Crippen MR) is 80.3 cm³/mol. The van der Waals surface area contributed by atoms with E-state index in [1.807, 2.05) is 49.4 Å². The zero-order valence-corrected chi connectivity index (χ0v) is 11.6. The molecule has 0 amide bonds. The number of rotatable bonds is 2. The van der Waals surface area contributed by atoms with E-state index in [1.54, 1.807) is 18.3 Å². The third kappa shape index (κ3) is 3.00. The molecule has 0 saturated carbocycles. The van der Waals surface area contributed by atoms with Gasteiger partial charge in [-0.25, -0.2) is 14.3 Å². The topological polar surface area (TPSA) is 44.1 Å². The standard InChI is InChI=1S/C17H14N2O2/c1-13-7-9-15(10-8-13)21-17(20)19-11-16(18-12-19)14-5-3-2-4-6-14/h2-12H,1H3. The van der Waals surface area contributed by atoms with Crippen LogP contribution in [0, 0.1) is 6.92 Å². The normalized spacial score (nSPS) is 10.3. The van der Waals surface area contributed by atoms with Crippen molar-refractivity contribution in [3.05, 3.63) is 72.7 Å². The van der Waals surface area contributed by atoms with Crippen LogP contribution in [-0.4, -0.2) is 15.6 Å². The van der Waals surface area contributed by atoms with Gasteiger partial charge in [0, 0.05) is 11.8 Å². The van der Waals surface area contributed by atoms with E-state index in [1.165, 1.54) is 10.9 Å². The molecule has 0 aliphatic carbocycles. The second kappa shape index (κ2) is 5.63. The minimum atomic E-state index is -0.478. The molecule has 0 atom stereocenters. The molecular weight excluding hydrogens is 264 g/mol. The fourth-order valence-electron chi connectivity index (χ4n) is 1.94. The van der Waals surface area contributed by atoms with Crippen LogP contribution < -0.4 is 4.74 Å². The molecule has 0 unspecified atom stereocenters. The van der Waals surface area contributed by atoms with E-state index in [0.29, 0.717) is 5.75 Å². The van der Waals surface area contributed by atoms with Crippen molar-refractivity contribution < 1.29 is 9.53 Å². The van der Waals surface area contributed by atoms with Gasteiger partial charge in [0.1, 0.15) is 12.1 Å². The summed E-state index contributed by atoms with van der Waals surface area (Å²) in [5.74, 6) is 0.514. The van der Waals surface area contributed by atoms with E-state index < -0.39 is 6.09 Å². The lowest BCUT2D eigenvalue weighted by Crippen LogP contribution is -2.14. The Morgan fingerprint density at radius 1 is 1.05 bits per heavy atom. The van der Waals surface area contributed by atoms with Gasteiger partial charge in [0.15, 0.2) is 0 Å². The van der Waals surface area contributed by atoms with Gasteiger partial charge in [-0.2, -0.15) is 0 Å². The number of hydrogen-bond donors (Lipinski definition) is 0. The number of aromatic nitrogens is 2. The fourth-order valence-corrected chi connectivity index (χ4v) is 1.94. The number of carbonyl (C=O) groups excluding carboxylic acids is 1. The van der Waals surface area contributed by atoms with E-state index in [9.17, 15) is 4.79 Å². The van der Waals surface area contributed by atoms with Gasteiger partial charge >= 0.3 is 6.09 Å². The SMILES string of the molecule is Cc1ccc(OC(=O)n2cnc(-c3ccccc3)c2)cc1. The lowest BCUT2D eigenvalue weighted by Gasteiger charge is -2.04. The number of benzene rings is 2. The number of carbonyl (C=O) groups is 1. The van der Waals surface area contributed by atoms with Crippen molar-refractivity contribution in [2.75, 3.05) is 0 Å². The Morgan fingerprint density at radius 3 is 2.48 bits per heavy atom. The Bertz CT molecular complexity index is 746. The summed E-state index contributed by atoms with van der Waals surface area (Å²) in [6, 6.07) is 17.0. The second-order valence-corrected chi connectivity index (χ2v) is 4.71. The first-order valence-corrected chi connectivity index (χ1v) is 6.60. The molecule has 104 valence electrons. The fraction of sp³-hybridized carbons (Fsp3) is 0.0588. The number of ether oxygens (including phenoxy) is 1. The van der Waals surface area contributed by atoms with Crippen LogP contribution in [0.25, 0.3) is 11.3 Å². The zero-order chi connectivity index (χ0) is 14.7. The van der Waals surface area contributed by atoms with E-state index in [2.05, 4.69) is 4.98 Å². The molecular formula is C17H14N2O2. The number of nitrogens with zero attached hydrogens (tertiary/aromatic N) is 2. The summed E-state index contributed by atoms with van der Waals surface area (Å²) in [6.45, 7) is 1.98. The van der Waals surface area contributed by atoms with Crippen molar-refractivity contribution in [2.45, 2.75) is 6.92 Å². The first-order chi connectivity index (χ1) is 10.2. The van der Waals surface area contributed by atoms with Crippen molar-refractivity contribution >= 4 is 6.09 Å². The Hall–Kier alpha value is -2.88. The highest BCUT2D eigenvalue weighted by atomic mass is 16.6. The lowest BCUT2D eigenvalue weighted by atomic mass is 10.2. The van der Waals surface area contributed by atoms with Crippen LogP contribution in [0.15, 0.2) is 67.1 Å². The van der Waals surface area contributed by atoms with Crippen LogP contribution in [0.2, 0.25) is 0 Å². The van der Waals surface area contributed by atoms with E-state index in [0.717, 1.165) is 16.8 Å². The molecule has 0 saturated heterocycles.